The summed E-state index contributed by atoms with van der Waals surface area (Å²) in [6, 6.07) is 12.4. The van der Waals surface area contributed by atoms with Gasteiger partial charge in [0.25, 0.3) is 0 Å². The summed E-state index contributed by atoms with van der Waals surface area (Å²) < 4.78 is 14.0. The van der Waals surface area contributed by atoms with Crippen LogP contribution in [0.25, 0.3) is 5.65 Å². The zero-order valence-corrected chi connectivity index (χ0v) is 18.1. The van der Waals surface area contributed by atoms with E-state index in [1.807, 2.05) is 45.7 Å². The van der Waals surface area contributed by atoms with Gasteiger partial charge in [0.15, 0.2) is 5.65 Å². The number of fused-ring (bicyclic) bond motifs is 3. The highest BCUT2D eigenvalue weighted by Crippen LogP contribution is 2.45. The molecule has 166 valence electrons. The van der Waals surface area contributed by atoms with E-state index in [2.05, 4.69) is 16.4 Å². The number of benzene rings is 1. The zero-order chi connectivity index (χ0) is 21.5. The van der Waals surface area contributed by atoms with Gasteiger partial charge >= 0.3 is 6.09 Å². The first-order valence-corrected chi connectivity index (χ1v) is 11.7. The quantitative estimate of drug-likeness (QED) is 0.571. The van der Waals surface area contributed by atoms with Crippen molar-refractivity contribution >= 4 is 11.7 Å². The highest BCUT2D eigenvalue weighted by Gasteiger charge is 2.44. The number of piperidine rings is 1. The van der Waals surface area contributed by atoms with Gasteiger partial charge < -0.3 is 14.4 Å². The molecule has 3 atom stereocenters. The Balaban J connectivity index is 1.08. The molecule has 7 nitrogen and oxygen atoms in total. The topological polar surface area (TPSA) is 69.0 Å². The van der Waals surface area contributed by atoms with Gasteiger partial charge in [0, 0.05) is 29.9 Å². The largest absolute Gasteiger partial charge is 0.493 e. The Kier molecular flexibility index (Phi) is 4.97. The third kappa shape index (κ3) is 3.80. The third-order valence-electron chi connectivity index (χ3n) is 7.16. The Morgan fingerprint density at radius 3 is 2.59 bits per heavy atom. The monoisotopic (exact) mass is 432 g/mol. The van der Waals surface area contributed by atoms with Crippen LogP contribution in [0.4, 0.5) is 4.79 Å². The molecule has 3 aromatic rings. The van der Waals surface area contributed by atoms with E-state index in [4.69, 9.17) is 9.47 Å². The van der Waals surface area contributed by atoms with Crippen molar-refractivity contribution in [2.45, 2.75) is 63.1 Å². The lowest BCUT2D eigenvalue weighted by Crippen LogP contribution is -2.47. The molecule has 0 spiro atoms. The van der Waals surface area contributed by atoms with E-state index in [-0.39, 0.29) is 18.2 Å². The molecule has 6 rings (SSSR count). The molecule has 2 bridgehead atoms. The van der Waals surface area contributed by atoms with Gasteiger partial charge in [-0.05, 0) is 55.9 Å². The van der Waals surface area contributed by atoms with Crippen LogP contribution in [0.15, 0.2) is 48.9 Å². The van der Waals surface area contributed by atoms with E-state index in [1.165, 1.54) is 18.4 Å². The fourth-order valence-electron chi connectivity index (χ4n) is 5.42. The molecule has 1 amide bonds. The molecule has 2 saturated heterocycles. The highest BCUT2D eigenvalue weighted by molar-refractivity contribution is 5.69. The number of amides is 1. The van der Waals surface area contributed by atoms with Gasteiger partial charge in [-0.3, -0.25) is 4.40 Å². The van der Waals surface area contributed by atoms with Crippen LogP contribution in [0.5, 0.6) is 5.75 Å². The number of hydrogen-bond acceptors (Lipinski definition) is 5. The Hall–Kier alpha value is -3.09. The van der Waals surface area contributed by atoms with Crippen molar-refractivity contribution in [1.82, 2.24) is 19.5 Å². The van der Waals surface area contributed by atoms with Gasteiger partial charge in [-0.2, -0.15) is 0 Å². The standard InChI is InChI=1S/C25H28N4O3/c30-25(32-14-17-4-2-1-3-5-17)29-20-8-9-21(29)11-18(10-20)15-31-23-12-24-27-26-16-28(24)13-22(23)19-6-7-19/h1-5,12-13,16,18-21H,6-11,14-15H2/t18-,20-,21+. The Labute approximate surface area is 187 Å². The smallest absolute Gasteiger partial charge is 0.410 e. The molecule has 7 heteroatoms. The fraction of sp³-hybridized carbons (Fsp3) is 0.480. The predicted octanol–water partition coefficient (Wildman–Crippen LogP) is 4.57. The van der Waals surface area contributed by atoms with Gasteiger partial charge in [-0.25, -0.2) is 4.79 Å². The maximum absolute atomic E-state index is 12.8. The first-order chi connectivity index (χ1) is 15.7. The van der Waals surface area contributed by atoms with Crippen molar-refractivity contribution < 1.29 is 14.3 Å². The van der Waals surface area contributed by atoms with E-state index in [0.717, 1.165) is 42.6 Å². The van der Waals surface area contributed by atoms with Gasteiger partial charge in [0.1, 0.15) is 18.7 Å². The van der Waals surface area contributed by atoms with Crippen molar-refractivity contribution in [3.63, 3.8) is 0 Å². The minimum atomic E-state index is -0.172. The molecule has 0 N–H and O–H groups in total. The summed E-state index contributed by atoms with van der Waals surface area (Å²) >= 11 is 0. The van der Waals surface area contributed by atoms with E-state index in [1.54, 1.807) is 6.33 Å². The Morgan fingerprint density at radius 2 is 1.84 bits per heavy atom. The number of rotatable bonds is 6. The number of ether oxygens (including phenoxy) is 2. The number of pyridine rings is 1. The fourth-order valence-corrected chi connectivity index (χ4v) is 5.42. The van der Waals surface area contributed by atoms with Crippen LogP contribution < -0.4 is 4.74 Å². The molecule has 1 aliphatic carbocycles. The van der Waals surface area contributed by atoms with E-state index in [0.29, 0.717) is 25.0 Å². The molecule has 3 fully saturated rings. The second kappa shape index (κ2) is 8.11. The Morgan fingerprint density at radius 1 is 1.06 bits per heavy atom. The highest BCUT2D eigenvalue weighted by atomic mass is 16.6. The molecule has 1 saturated carbocycles. The molecule has 1 aromatic carbocycles. The molecule has 0 unspecified atom stereocenters. The zero-order valence-electron chi connectivity index (χ0n) is 18.1. The molecular formula is C25H28N4O3. The van der Waals surface area contributed by atoms with Crippen molar-refractivity contribution in [3.8, 4) is 5.75 Å². The molecule has 2 aromatic heterocycles. The van der Waals surface area contributed by atoms with Crippen molar-refractivity contribution in [2.24, 2.45) is 5.92 Å². The van der Waals surface area contributed by atoms with Crippen molar-refractivity contribution in [2.75, 3.05) is 6.61 Å². The predicted molar refractivity (Wildman–Crippen MR) is 118 cm³/mol. The van der Waals surface area contributed by atoms with Crippen LogP contribution in [0, 0.1) is 5.92 Å². The van der Waals surface area contributed by atoms with Crippen molar-refractivity contribution in [3.05, 3.63) is 60.0 Å². The van der Waals surface area contributed by atoms with E-state index >= 15 is 0 Å². The first-order valence-electron chi connectivity index (χ1n) is 11.7. The van der Waals surface area contributed by atoms with Gasteiger partial charge in [0.05, 0.1) is 6.61 Å². The van der Waals surface area contributed by atoms with Crippen LogP contribution in [0.3, 0.4) is 0 Å². The van der Waals surface area contributed by atoms with Gasteiger partial charge in [-0.15, -0.1) is 10.2 Å². The average molecular weight is 433 g/mol. The number of carbonyl (C=O) groups excluding carboxylic acids is 1. The van der Waals surface area contributed by atoms with Crippen molar-refractivity contribution in [1.29, 1.82) is 0 Å². The Bertz CT molecular complexity index is 1100. The maximum Gasteiger partial charge on any atom is 0.410 e. The number of aromatic nitrogens is 3. The lowest BCUT2D eigenvalue weighted by Gasteiger charge is -2.38. The molecular weight excluding hydrogens is 404 g/mol. The summed E-state index contributed by atoms with van der Waals surface area (Å²) in [5.41, 5.74) is 3.11. The summed E-state index contributed by atoms with van der Waals surface area (Å²) in [5, 5.41) is 8.18. The summed E-state index contributed by atoms with van der Waals surface area (Å²) in [7, 11) is 0. The minimum absolute atomic E-state index is 0.172. The summed E-state index contributed by atoms with van der Waals surface area (Å²) in [6.07, 6.45) is 10.2. The molecule has 3 aliphatic rings. The van der Waals surface area contributed by atoms with E-state index in [9.17, 15) is 4.79 Å². The molecule has 4 heterocycles. The maximum atomic E-state index is 12.8. The average Bonchev–Trinajstić information content (AvgIpc) is 3.50. The second-order valence-corrected chi connectivity index (χ2v) is 9.44. The number of nitrogens with zero attached hydrogens (tertiary/aromatic N) is 4. The lowest BCUT2D eigenvalue weighted by molar-refractivity contribution is 0.0450. The van der Waals surface area contributed by atoms with Crippen LogP contribution in [-0.2, 0) is 11.3 Å². The van der Waals surface area contributed by atoms with Gasteiger partial charge in [-0.1, -0.05) is 30.3 Å². The van der Waals surface area contributed by atoms with E-state index < -0.39 is 0 Å². The van der Waals surface area contributed by atoms with Gasteiger partial charge in [0.2, 0.25) is 0 Å². The third-order valence-corrected chi connectivity index (χ3v) is 7.16. The molecule has 0 radical (unpaired) electrons. The minimum Gasteiger partial charge on any atom is -0.493 e. The van der Waals surface area contributed by atoms with Crippen LogP contribution in [0.2, 0.25) is 0 Å². The summed E-state index contributed by atoms with van der Waals surface area (Å²) in [5.74, 6) is 1.99. The normalized spacial score (nSPS) is 24.6. The second-order valence-electron chi connectivity index (χ2n) is 9.44. The molecule has 2 aliphatic heterocycles. The van der Waals surface area contributed by atoms with Crippen LogP contribution in [-0.4, -0.2) is 44.3 Å². The number of hydrogen-bond donors (Lipinski definition) is 0. The number of carbonyl (C=O) groups is 1. The van der Waals surface area contributed by atoms with Crippen LogP contribution in [0.1, 0.15) is 55.6 Å². The summed E-state index contributed by atoms with van der Waals surface area (Å²) in [6.45, 7) is 1.02. The lowest BCUT2D eigenvalue weighted by atomic mass is 9.91. The molecule has 32 heavy (non-hydrogen) atoms. The van der Waals surface area contributed by atoms with Crippen LogP contribution >= 0.6 is 0 Å². The first kappa shape index (κ1) is 19.6. The summed E-state index contributed by atoms with van der Waals surface area (Å²) in [4.78, 5) is 14.8. The SMILES string of the molecule is O=C(OCc1ccccc1)N1[C@@H]2CC[C@H]1C[C@H](COc1cc3nncn3cc1C1CC1)C2.